The normalized spacial score (nSPS) is 13.4. The molecule has 0 fully saturated rings. The Labute approximate surface area is 160 Å². The van der Waals surface area contributed by atoms with Gasteiger partial charge in [0.2, 0.25) is 0 Å². The molecule has 2 unspecified atom stereocenters. The topological polar surface area (TPSA) is 47.3 Å². The van der Waals surface area contributed by atoms with Crippen molar-refractivity contribution in [3.63, 3.8) is 0 Å². The van der Waals surface area contributed by atoms with Crippen molar-refractivity contribution in [3.8, 4) is 5.75 Å². The maximum atomic E-state index is 10.8. The van der Waals surface area contributed by atoms with E-state index in [0.29, 0.717) is 17.4 Å². The summed E-state index contributed by atoms with van der Waals surface area (Å²) < 4.78 is 8.71. The summed E-state index contributed by atoms with van der Waals surface area (Å²) in [6.07, 6.45) is 4.49. The van der Waals surface area contributed by atoms with Crippen molar-refractivity contribution < 1.29 is 9.84 Å². The fourth-order valence-electron chi connectivity index (χ4n) is 2.56. The minimum absolute atomic E-state index is 0.172. The zero-order valence-corrected chi connectivity index (χ0v) is 16.0. The lowest BCUT2D eigenvalue weighted by atomic mass is 10.0. The summed E-state index contributed by atoms with van der Waals surface area (Å²) in [6.45, 7) is 2.34. The quantitative estimate of drug-likeness (QED) is 0.597. The predicted octanol–water partition coefficient (Wildman–Crippen LogP) is 5.17. The predicted molar refractivity (Wildman–Crippen MR) is 102 cm³/mol. The van der Waals surface area contributed by atoms with Crippen molar-refractivity contribution in [1.82, 2.24) is 9.55 Å². The van der Waals surface area contributed by atoms with Gasteiger partial charge in [0.25, 0.3) is 0 Å². The van der Waals surface area contributed by atoms with Crippen LogP contribution < -0.4 is 4.74 Å². The van der Waals surface area contributed by atoms with Gasteiger partial charge in [0, 0.05) is 27.5 Å². The third kappa shape index (κ3) is 4.42. The molecule has 0 amide bonds. The van der Waals surface area contributed by atoms with Gasteiger partial charge in [-0.15, -0.1) is 0 Å². The second-order valence-electron chi connectivity index (χ2n) is 5.79. The molecule has 1 aromatic heterocycles. The molecule has 0 aliphatic heterocycles. The molecule has 6 heteroatoms. The van der Waals surface area contributed by atoms with E-state index in [1.54, 1.807) is 12.5 Å². The average Bonchev–Trinajstić information content (AvgIpc) is 3.15. The Morgan fingerprint density at radius 3 is 2.68 bits per heavy atom. The van der Waals surface area contributed by atoms with Crippen LogP contribution in [0.2, 0.25) is 5.02 Å². The first kappa shape index (κ1) is 18.0. The first-order valence-electron chi connectivity index (χ1n) is 7.87. The van der Waals surface area contributed by atoms with Crippen molar-refractivity contribution in [3.05, 3.63) is 81.8 Å². The molecule has 1 heterocycles. The Morgan fingerprint density at radius 1 is 1.24 bits per heavy atom. The molecule has 130 valence electrons. The lowest BCUT2D eigenvalue weighted by Crippen LogP contribution is -2.14. The van der Waals surface area contributed by atoms with Gasteiger partial charge in [-0.05, 0) is 42.8 Å². The van der Waals surface area contributed by atoms with Gasteiger partial charge >= 0.3 is 0 Å². The number of hydrogen-bond acceptors (Lipinski definition) is 3. The highest BCUT2D eigenvalue weighted by Crippen LogP contribution is 2.35. The van der Waals surface area contributed by atoms with Crippen LogP contribution >= 0.6 is 27.5 Å². The fraction of sp³-hybridized carbons (Fsp3) is 0.211. The number of halogens is 2. The van der Waals surface area contributed by atoms with Crippen LogP contribution in [0.1, 0.15) is 30.2 Å². The van der Waals surface area contributed by atoms with Crippen molar-refractivity contribution in [2.75, 3.05) is 0 Å². The molecular formula is C19H18BrClN2O2. The highest BCUT2D eigenvalue weighted by Gasteiger charge is 2.22. The second kappa shape index (κ2) is 8.04. The Morgan fingerprint density at radius 2 is 2.00 bits per heavy atom. The molecule has 2 aromatic carbocycles. The molecule has 3 aromatic rings. The highest BCUT2D eigenvalue weighted by atomic mass is 79.9. The Bertz CT molecular complexity index is 822. The number of benzene rings is 2. The fourth-order valence-corrected chi connectivity index (χ4v) is 3.06. The molecule has 1 N–H and O–H groups in total. The van der Waals surface area contributed by atoms with Crippen molar-refractivity contribution in [2.24, 2.45) is 0 Å². The molecule has 0 bridgehead atoms. The molecule has 0 saturated carbocycles. The maximum absolute atomic E-state index is 10.8. The molecule has 0 aliphatic rings. The summed E-state index contributed by atoms with van der Waals surface area (Å²) in [7, 11) is 0. The summed E-state index contributed by atoms with van der Waals surface area (Å²) >= 11 is 9.38. The molecule has 4 nitrogen and oxygen atoms in total. The van der Waals surface area contributed by atoms with E-state index in [1.807, 2.05) is 60.2 Å². The Hall–Kier alpha value is -1.82. The van der Waals surface area contributed by atoms with Gasteiger partial charge in [-0.25, -0.2) is 4.98 Å². The smallest absolute Gasteiger partial charge is 0.125 e. The third-order valence-corrected chi connectivity index (χ3v) is 4.80. The van der Waals surface area contributed by atoms with E-state index in [1.165, 1.54) is 0 Å². The molecular weight excluding hydrogens is 404 g/mol. The Balaban J connectivity index is 1.81. The molecule has 2 atom stereocenters. The van der Waals surface area contributed by atoms with E-state index < -0.39 is 6.10 Å². The molecule has 0 saturated heterocycles. The number of imidazole rings is 1. The largest absolute Gasteiger partial charge is 0.489 e. The van der Waals surface area contributed by atoms with E-state index in [0.717, 1.165) is 15.6 Å². The second-order valence-corrected chi connectivity index (χ2v) is 7.14. The van der Waals surface area contributed by atoms with Gasteiger partial charge in [-0.3, -0.25) is 0 Å². The number of rotatable bonds is 6. The van der Waals surface area contributed by atoms with Crippen LogP contribution in [-0.4, -0.2) is 14.7 Å². The molecule has 0 radical (unpaired) electrons. The van der Waals surface area contributed by atoms with Crippen molar-refractivity contribution in [2.45, 2.75) is 25.7 Å². The van der Waals surface area contributed by atoms with Gasteiger partial charge in [-0.2, -0.15) is 0 Å². The molecule has 0 spiro atoms. The van der Waals surface area contributed by atoms with Crippen LogP contribution in [-0.2, 0) is 6.61 Å². The zero-order chi connectivity index (χ0) is 17.8. The van der Waals surface area contributed by atoms with Crippen LogP contribution in [0.25, 0.3) is 0 Å². The standard InChI is InChI=1S/C19H18BrClN2O2/c1-13(23-9-8-22-12-23)19(24)17-10-15(20)4-7-18(17)25-11-14-2-5-16(21)6-3-14/h2-10,12-13,19,24H,11H2,1H3. The summed E-state index contributed by atoms with van der Waals surface area (Å²) in [4.78, 5) is 4.04. The highest BCUT2D eigenvalue weighted by molar-refractivity contribution is 9.10. The molecule has 3 rings (SSSR count). The van der Waals surface area contributed by atoms with Crippen LogP contribution in [0.4, 0.5) is 0 Å². The lowest BCUT2D eigenvalue weighted by molar-refractivity contribution is 0.117. The monoisotopic (exact) mass is 420 g/mol. The summed E-state index contributed by atoms with van der Waals surface area (Å²) in [5.41, 5.74) is 1.74. The average molecular weight is 422 g/mol. The minimum Gasteiger partial charge on any atom is -0.489 e. The van der Waals surface area contributed by atoms with Gasteiger partial charge < -0.3 is 14.4 Å². The summed E-state index contributed by atoms with van der Waals surface area (Å²) in [5, 5.41) is 11.5. The number of aliphatic hydroxyl groups is 1. The third-order valence-electron chi connectivity index (χ3n) is 4.05. The summed E-state index contributed by atoms with van der Waals surface area (Å²) in [6, 6.07) is 13.0. The summed E-state index contributed by atoms with van der Waals surface area (Å²) in [5.74, 6) is 0.651. The number of nitrogens with zero attached hydrogens (tertiary/aromatic N) is 2. The van der Waals surface area contributed by atoms with Crippen LogP contribution in [0.3, 0.4) is 0 Å². The van der Waals surface area contributed by atoms with Gasteiger partial charge in [0.15, 0.2) is 0 Å². The van der Waals surface area contributed by atoms with Crippen LogP contribution in [0.5, 0.6) is 5.75 Å². The maximum Gasteiger partial charge on any atom is 0.125 e. The minimum atomic E-state index is -0.730. The first-order valence-corrected chi connectivity index (χ1v) is 9.04. The first-order chi connectivity index (χ1) is 12.0. The molecule has 25 heavy (non-hydrogen) atoms. The van der Waals surface area contributed by atoms with Crippen LogP contribution in [0, 0.1) is 0 Å². The zero-order valence-electron chi connectivity index (χ0n) is 13.6. The number of aliphatic hydroxyl groups excluding tert-OH is 1. The van der Waals surface area contributed by atoms with E-state index in [2.05, 4.69) is 20.9 Å². The van der Waals surface area contributed by atoms with E-state index in [9.17, 15) is 5.11 Å². The van der Waals surface area contributed by atoms with Crippen molar-refractivity contribution in [1.29, 1.82) is 0 Å². The van der Waals surface area contributed by atoms with Gasteiger partial charge in [-0.1, -0.05) is 39.7 Å². The van der Waals surface area contributed by atoms with Gasteiger partial charge in [0.1, 0.15) is 18.5 Å². The van der Waals surface area contributed by atoms with E-state index in [4.69, 9.17) is 16.3 Å². The van der Waals surface area contributed by atoms with E-state index >= 15 is 0 Å². The number of ether oxygens (including phenoxy) is 1. The molecule has 0 aliphatic carbocycles. The van der Waals surface area contributed by atoms with Crippen molar-refractivity contribution >= 4 is 27.5 Å². The number of aromatic nitrogens is 2. The Kier molecular flexibility index (Phi) is 5.78. The van der Waals surface area contributed by atoms with Gasteiger partial charge in [0.05, 0.1) is 12.4 Å². The lowest BCUT2D eigenvalue weighted by Gasteiger charge is -2.23. The SMILES string of the molecule is CC(C(O)c1cc(Br)ccc1OCc1ccc(Cl)cc1)n1ccnc1. The van der Waals surface area contributed by atoms with Crippen LogP contribution in [0.15, 0.2) is 65.7 Å². The van der Waals surface area contributed by atoms with E-state index in [-0.39, 0.29) is 6.04 Å². The number of hydrogen-bond donors (Lipinski definition) is 1.